The molecule has 0 aromatic heterocycles. The molecule has 0 spiro atoms. The van der Waals surface area contributed by atoms with Gasteiger partial charge in [0.2, 0.25) is 0 Å². The lowest BCUT2D eigenvalue weighted by Gasteiger charge is -2.39. The van der Waals surface area contributed by atoms with E-state index in [0.29, 0.717) is 0 Å². The van der Waals surface area contributed by atoms with Crippen molar-refractivity contribution in [1.29, 1.82) is 0 Å². The quantitative estimate of drug-likeness (QED) is 0.730. The van der Waals surface area contributed by atoms with Crippen molar-refractivity contribution in [1.82, 2.24) is 0 Å². The maximum Gasteiger partial charge on any atom is 0.114 e. The van der Waals surface area contributed by atoms with E-state index in [2.05, 4.69) is 34.3 Å². The highest BCUT2D eigenvalue weighted by Crippen LogP contribution is 2.43. The summed E-state index contributed by atoms with van der Waals surface area (Å²) >= 11 is 0. The molecule has 1 aliphatic heterocycles. The Bertz CT molecular complexity index is 324. The minimum absolute atomic E-state index is 0.0189. The third-order valence-electron chi connectivity index (χ3n) is 4.27. The molecule has 0 radical (unpaired) electrons. The van der Waals surface area contributed by atoms with Crippen LogP contribution in [0.25, 0.3) is 0 Å². The van der Waals surface area contributed by atoms with Crippen molar-refractivity contribution in [3.63, 3.8) is 0 Å². The van der Waals surface area contributed by atoms with E-state index < -0.39 is 0 Å². The molecule has 0 saturated carbocycles. The van der Waals surface area contributed by atoms with Crippen LogP contribution in [-0.2, 0) is 14.2 Å². The van der Waals surface area contributed by atoms with E-state index in [4.69, 9.17) is 14.2 Å². The number of allylic oxidation sites excluding steroid dienone is 1. The van der Waals surface area contributed by atoms with Gasteiger partial charge in [-0.3, -0.25) is 0 Å². The number of aliphatic hydroxyl groups excluding tert-OH is 1. The van der Waals surface area contributed by atoms with Gasteiger partial charge in [-0.2, -0.15) is 0 Å². The number of methoxy groups -OCH3 is 2. The van der Waals surface area contributed by atoms with E-state index in [1.165, 1.54) is 0 Å². The first-order valence-corrected chi connectivity index (χ1v) is 7.18. The van der Waals surface area contributed by atoms with Gasteiger partial charge < -0.3 is 19.3 Å². The highest BCUT2D eigenvalue weighted by Gasteiger charge is 2.51. The van der Waals surface area contributed by atoms with Crippen molar-refractivity contribution in [2.24, 2.45) is 10.8 Å². The van der Waals surface area contributed by atoms with Gasteiger partial charge in [-0.1, -0.05) is 33.8 Å². The zero-order chi connectivity index (χ0) is 15.6. The van der Waals surface area contributed by atoms with E-state index in [-0.39, 0.29) is 41.9 Å². The van der Waals surface area contributed by atoms with Crippen LogP contribution in [0.1, 0.15) is 34.1 Å². The Kier molecular flexibility index (Phi) is 5.79. The van der Waals surface area contributed by atoms with Crippen LogP contribution in [0, 0.1) is 10.8 Å². The Morgan fingerprint density at radius 1 is 1.15 bits per heavy atom. The summed E-state index contributed by atoms with van der Waals surface area (Å²) in [5.41, 5.74) is -0.0932. The molecule has 0 aliphatic carbocycles. The van der Waals surface area contributed by atoms with Crippen LogP contribution in [0.4, 0.5) is 0 Å². The molecule has 4 nitrogen and oxygen atoms in total. The van der Waals surface area contributed by atoms with Crippen molar-refractivity contribution in [3.8, 4) is 0 Å². The first kappa shape index (κ1) is 17.6. The van der Waals surface area contributed by atoms with Crippen LogP contribution in [0.3, 0.4) is 0 Å². The molecule has 1 saturated heterocycles. The van der Waals surface area contributed by atoms with Crippen molar-refractivity contribution >= 4 is 0 Å². The Morgan fingerprint density at radius 2 is 1.70 bits per heavy atom. The molecule has 1 rings (SSSR count). The fourth-order valence-electron chi connectivity index (χ4n) is 3.39. The highest BCUT2D eigenvalue weighted by atomic mass is 16.6. The van der Waals surface area contributed by atoms with E-state index in [0.717, 1.165) is 6.42 Å². The Balaban J connectivity index is 2.95. The summed E-state index contributed by atoms with van der Waals surface area (Å²) in [6, 6.07) is 0. The predicted molar refractivity (Wildman–Crippen MR) is 79.7 cm³/mol. The molecule has 4 unspecified atom stereocenters. The molecule has 0 amide bonds. The lowest BCUT2D eigenvalue weighted by atomic mass is 9.71. The minimum Gasteiger partial charge on any atom is -0.394 e. The molecule has 118 valence electrons. The summed E-state index contributed by atoms with van der Waals surface area (Å²) in [6.45, 7) is 12.5. The second-order valence-electron chi connectivity index (χ2n) is 7.04. The fraction of sp³-hybridized carbons (Fsp3) is 0.875. The Morgan fingerprint density at radius 3 is 2.10 bits per heavy atom. The number of hydrogen-bond donors (Lipinski definition) is 1. The Labute approximate surface area is 123 Å². The highest BCUT2D eigenvalue weighted by molar-refractivity contribution is 5.02. The van der Waals surface area contributed by atoms with Gasteiger partial charge in [0.1, 0.15) is 18.3 Å². The topological polar surface area (TPSA) is 47.9 Å². The number of rotatable bonds is 7. The standard InChI is InChI=1S/C16H30O4/c1-8-15(2,3)10-16(4,5)14-13(19-7)12(18-6)11(9-17)20-14/h8,11-14,17H,1,9-10H2,2-7H3. The average molecular weight is 286 g/mol. The summed E-state index contributed by atoms with van der Waals surface area (Å²) in [7, 11) is 3.30. The average Bonchev–Trinajstić information content (AvgIpc) is 2.75. The monoisotopic (exact) mass is 286 g/mol. The molecule has 1 N–H and O–H groups in total. The van der Waals surface area contributed by atoms with Crippen molar-refractivity contribution in [2.45, 2.75) is 58.5 Å². The summed E-state index contributed by atoms with van der Waals surface area (Å²) in [4.78, 5) is 0. The van der Waals surface area contributed by atoms with Crippen LogP contribution < -0.4 is 0 Å². The maximum absolute atomic E-state index is 9.47. The molecular formula is C16H30O4. The van der Waals surface area contributed by atoms with Gasteiger partial charge in [-0.15, -0.1) is 6.58 Å². The van der Waals surface area contributed by atoms with Crippen molar-refractivity contribution in [3.05, 3.63) is 12.7 Å². The van der Waals surface area contributed by atoms with Gasteiger partial charge in [0.05, 0.1) is 12.7 Å². The van der Waals surface area contributed by atoms with Crippen molar-refractivity contribution in [2.75, 3.05) is 20.8 Å². The SMILES string of the molecule is C=CC(C)(C)CC(C)(C)C1OC(CO)C(OC)C1OC. The zero-order valence-electron chi connectivity index (χ0n) is 13.7. The fourth-order valence-corrected chi connectivity index (χ4v) is 3.39. The first-order valence-electron chi connectivity index (χ1n) is 7.18. The second kappa shape index (κ2) is 6.56. The lowest BCUT2D eigenvalue weighted by Crippen LogP contribution is -2.44. The molecule has 1 heterocycles. The molecule has 1 fully saturated rings. The largest absolute Gasteiger partial charge is 0.394 e. The van der Waals surface area contributed by atoms with Gasteiger partial charge in [0.15, 0.2) is 0 Å². The van der Waals surface area contributed by atoms with E-state index in [9.17, 15) is 5.11 Å². The molecule has 4 atom stereocenters. The predicted octanol–water partition coefficient (Wildman–Crippen LogP) is 2.40. The molecule has 20 heavy (non-hydrogen) atoms. The third-order valence-corrected chi connectivity index (χ3v) is 4.27. The van der Waals surface area contributed by atoms with Gasteiger partial charge >= 0.3 is 0 Å². The summed E-state index contributed by atoms with van der Waals surface area (Å²) < 4.78 is 17.1. The molecule has 1 aliphatic rings. The van der Waals surface area contributed by atoms with Crippen molar-refractivity contribution < 1.29 is 19.3 Å². The smallest absolute Gasteiger partial charge is 0.114 e. The van der Waals surface area contributed by atoms with Gasteiger partial charge in [-0.05, 0) is 17.3 Å². The first-order chi connectivity index (χ1) is 9.22. The molecule has 0 aromatic carbocycles. The normalized spacial score (nSPS) is 31.6. The maximum atomic E-state index is 9.47. The molecule has 4 heteroatoms. The zero-order valence-corrected chi connectivity index (χ0v) is 13.7. The van der Waals surface area contributed by atoms with Gasteiger partial charge in [0.25, 0.3) is 0 Å². The van der Waals surface area contributed by atoms with E-state index in [1.807, 2.05) is 6.08 Å². The molecular weight excluding hydrogens is 256 g/mol. The van der Waals surface area contributed by atoms with Crippen LogP contribution >= 0.6 is 0 Å². The number of hydrogen-bond acceptors (Lipinski definition) is 4. The third kappa shape index (κ3) is 3.61. The minimum atomic E-state index is -0.332. The van der Waals surface area contributed by atoms with Crippen LogP contribution in [0.5, 0.6) is 0 Å². The summed E-state index contributed by atoms with van der Waals surface area (Å²) in [5.74, 6) is 0. The second-order valence-corrected chi connectivity index (χ2v) is 7.04. The Hall–Kier alpha value is -0.420. The van der Waals surface area contributed by atoms with Crippen LogP contribution in [-0.4, -0.2) is 50.3 Å². The summed E-state index contributed by atoms with van der Waals surface area (Å²) in [6.07, 6.45) is 2.04. The van der Waals surface area contributed by atoms with Crippen LogP contribution in [0.15, 0.2) is 12.7 Å². The van der Waals surface area contributed by atoms with Gasteiger partial charge in [0, 0.05) is 14.2 Å². The number of ether oxygens (including phenoxy) is 3. The van der Waals surface area contributed by atoms with E-state index >= 15 is 0 Å². The molecule has 0 bridgehead atoms. The van der Waals surface area contributed by atoms with Crippen LogP contribution in [0.2, 0.25) is 0 Å². The summed E-state index contributed by atoms with van der Waals surface area (Å²) in [5, 5.41) is 9.47. The molecule has 0 aromatic rings. The van der Waals surface area contributed by atoms with E-state index in [1.54, 1.807) is 14.2 Å². The lowest BCUT2D eigenvalue weighted by molar-refractivity contribution is -0.0865. The van der Waals surface area contributed by atoms with Gasteiger partial charge in [-0.25, -0.2) is 0 Å². The number of aliphatic hydroxyl groups is 1.